The van der Waals surface area contributed by atoms with Gasteiger partial charge >= 0.3 is 0 Å². The number of hydrogen-bond acceptors (Lipinski definition) is 3. The zero-order chi connectivity index (χ0) is 18.0. The number of benzene rings is 1. The van der Waals surface area contributed by atoms with Gasteiger partial charge in [0, 0.05) is 44.2 Å². The van der Waals surface area contributed by atoms with Crippen molar-refractivity contribution >= 4 is 5.91 Å². The molecule has 0 radical (unpaired) electrons. The molecule has 1 saturated heterocycles. The van der Waals surface area contributed by atoms with E-state index in [9.17, 15) is 9.18 Å². The van der Waals surface area contributed by atoms with Crippen molar-refractivity contribution in [3.8, 4) is 0 Å². The molecular formula is C19H25FN4O. The Hall–Kier alpha value is -2.21. The molecule has 1 aliphatic heterocycles. The van der Waals surface area contributed by atoms with Crippen LogP contribution in [0.25, 0.3) is 0 Å². The Balaban J connectivity index is 1.64. The molecule has 0 unspecified atom stereocenters. The van der Waals surface area contributed by atoms with E-state index in [2.05, 4.69) is 15.7 Å². The molecule has 1 fully saturated rings. The number of nitrogens with zero attached hydrogens (tertiary/aromatic N) is 2. The minimum atomic E-state index is -0.265. The molecule has 2 atom stereocenters. The Bertz CT molecular complexity index is 738. The van der Waals surface area contributed by atoms with E-state index in [1.165, 1.54) is 12.1 Å². The predicted octanol–water partition coefficient (Wildman–Crippen LogP) is 1.96. The van der Waals surface area contributed by atoms with Crippen molar-refractivity contribution in [2.24, 2.45) is 13.0 Å². The van der Waals surface area contributed by atoms with Crippen molar-refractivity contribution in [1.82, 2.24) is 20.4 Å². The molecule has 1 aliphatic rings. The molecule has 25 heavy (non-hydrogen) atoms. The maximum absolute atomic E-state index is 13.1. The van der Waals surface area contributed by atoms with Crippen LogP contribution in [0.5, 0.6) is 0 Å². The SMILES string of the molecule is Cn1cc([C@H]2CNC[C@@H]2C(=O)NCC(C)(C)c2ccc(F)cc2)cn1. The first-order valence-corrected chi connectivity index (χ1v) is 8.60. The number of amides is 1. The highest BCUT2D eigenvalue weighted by Gasteiger charge is 2.35. The first-order valence-electron chi connectivity index (χ1n) is 8.60. The van der Waals surface area contributed by atoms with E-state index in [1.54, 1.807) is 16.8 Å². The van der Waals surface area contributed by atoms with Crippen molar-refractivity contribution in [3.63, 3.8) is 0 Å². The second kappa shape index (κ2) is 6.96. The van der Waals surface area contributed by atoms with Crippen LogP contribution in [0.3, 0.4) is 0 Å². The summed E-state index contributed by atoms with van der Waals surface area (Å²) in [5.74, 6) is -0.162. The molecule has 0 spiro atoms. The van der Waals surface area contributed by atoms with Gasteiger partial charge in [0.1, 0.15) is 5.82 Å². The lowest BCUT2D eigenvalue weighted by Crippen LogP contribution is -2.41. The molecule has 0 saturated carbocycles. The van der Waals surface area contributed by atoms with E-state index in [1.807, 2.05) is 33.3 Å². The summed E-state index contributed by atoms with van der Waals surface area (Å²) in [7, 11) is 1.88. The van der Waals surface area contributed by atoms with Gasteiger partial charge in [-0.25, -0.2) is 4.39 Å². The molecule has 134 valence electrons. The van der Waals surface area contributed by atoms with Crippen LogP contribution in [0.15, 0.2) is 36.7 Å². The van der Waals surface area contributed by atoms with E-state index in [0.29, 0.717) is 13.1 Å². The number of hydrogen-bond donors (Lipinski definition) is 2. The monoisotopic (exact) mass is 344 g/mol. The summed E-state index contributed by atoms with van der Waals surface area (Å²) in [4.78, 5) is 12.7. The first-order chi connectivity index (χ1) is 11.9. The zero-order valence-corrected chi connectivity index (χ0v) is 14.9. The maximum Gasteiger partial charge on any atom is 0.225 e. The highest BCUT2D eigenvalue weighted by Crippen LogP contribution is 2.28. The van der Waals surface area contributed by atoms with Crippen LogP contribution in [0.1, 0.15) is 30.9 Å². The molecule has 0 bridgehead atoms. The van der Waals surface area contributed by atoms with E-state index in [4.69, 9.17) is 0 Å². The van der Waals surface area contributed by atoms with E-state index < -0.39 is 0 Å². The molecule has 2 aromatic rings. The van der Waals surface area contributed by atoms with E-state index >= 15 is 0 Å². The molecule has 3 rings (SSSR count). The number of halogens is 1. The molecule has 0 aliphatic carbocycles. The normalized spacial score (nSPS) is 20.6. The van der Waals surface area contributed by atoms with E-state index in [-0.39, 0.29) is 29.0 Å². The average molecular weight is 344 g/mol. The summed E-state index contributed by atoms with van der Waals surface area (Å²) < 4.78 is 14.9. The van der Waals surface area contributed by atoms with Crippen LogP contribution >= 0.6 is 0 Å². The van der Waals surface area contributed by atoms with Crippen LogP contribution in [0.4, 0.5) is 4.39 Å². The van der Waals surface area contributed by atoms with Gasteiger partial charge in [0.2, 0.25) is 5.91 Å². The molecule has 5 nitrogen and oxygen atoms in total. The van der Waals surface area contributed by atoms with Crippen molar-refractivity contribution in [3.05, 3.63) is 53.6 Å². The number of carbonyl (C=O) groups is 1. The lowest BCUT2D eigenvalue weighted by Gasteiger charge is -2.27. The number of rotatable bonds is 5. The molecule has 1 aromatic heterocycles. The van der Waals surface area contributed by atoms with Crippen molar-refractivity contribution < 1.29 is 9.18 Å². The van der Waals surface area contributed by atoms with Crippen LogP contribution in [-0.4, -0.2) is 35.3 Å². The Kier molecular flexibility index (Phi) is 4.90. The van der Waals surface area contributed by atoms with Crippen LogP contribution in [0, 0.1) is 11.7 Å². The molecule has 2 heterocycles. The van der Waals surface area contributed by atoms with Gasteiger partial charge in [-0.15, -0.1) is 0 Å². The van der Waals surface area contributed by atoms with Gasteiger partial charge in [-0.1, -0.05) is 26.0 Å². The highest BCUT2D eigenvalue weighted by atomic mass is 19.1. The number of nitrogens with one attached hydrogen (secondary N) is 2. The van der Waals surface area contributed by atoms with Gasteiger partial charge in [-0.05, 0) is 23.3 Å². The summed E-state index contributed by atoms with van der Waals surface area (Å²) in [5, 5.41) is 10.6. The van der Waals surface area contributed by atoms with E-state index in [0.717, 1.165) is 17.7 Å². The maximum atomic E-state index is 13.1. The topological polar surface area (TPSA) is 59.0 Å². The Morgan fingerprint density at radius 2 is 2.08 bits per heavy atom. The van der Waals surface area contributed by atoms with Gasteiger partial charge in [-0.3, -0.25) is 9.48 Å². The third kappa shape index (κ3) is 3.90. The number of aromatic nitrogens is 2. The summed E-state index contributed by atoms with van der Waals surface area (Å²) in [6, 6.07) is 6.46. The van der Waals surface area contributed by atoms with Crippen molar-refractivity contribution in [1.29, 1.82) is 0 Å². The van der Waals surface area contributed by atoms with Crippen molar-refractivity contribution in [2.45, 2.75) is 25.2 Å². The summed E-state index contributed by atoms with van der Waals surface area (Å²) in [6.07, 6.45) is 3.81. The van der Waals surface area contributed by atoms with Gasteiger partial charge in [0.15, 0.2) is 0 Å². The molecule has 1 aromatic carbocycles. The lowest BCUT2D eigenvalue weighted by atomic mass is 9.84. The molecule has 6 heteroatoms. The standard InChI is InChI=1S/C19H25FN4O/c1-19(2,14-4-6-15(20)7-5-14)12-22-18(25)17-10-21-9-16(17)13-8-23-24(3)11-13/h4-8,11,16-17,21H,9-10,12H2,1-3H3,(H,22,25)/t16-,17+/m1/s1. The van der Waals surface area contributed by atoms with Crippen LogP contribution in [0.2, 0.25) is 0 Å². The fourth-order valence-corrected chi connectivity index (χ4v) is 3.38. The first kappa shape index (κ1) is 17.6. The Morgan fingerprint density at radius 3 is 2.72 bits per heavy atom. The lowest BCUT2D eigenvalue weighted by molar-refractivity contribution is -0.125. The zero-order valence-electron chi connectivity index (χ0n) is 14.9. The third-order valence-electron chi connectivity index (χ3n) is 5.03. The quantitative estimate of drug-likeness (QED) is 0.872. The fraction of sp³-hybridized carbons (Fsp3) is 0.474. The minimum absolute atomic E-state index is 0.0500. The largest absolute Gasteiger partial charge is 0.355 e. The fourth-order valence-electron chi connectivity index (χ4n) is 3.38. The highest BCUT2D eigenvalue weighted by molar-refractivity contribution is 5.80. The van der Waals surface area contributed by atoms with Crippen LogP contribution in [-0.2, 0) is 17.3 Å². The minimum Gasteiger partial charge on any atom is -0.355 e. The molecule has 1 amide bonds. The number of carbonyl (C=O) groups excluding carboxylic acids is 1. The smallest absolute Gasteiger partial charge is 0.225 e. The molecular weight excluding hydrogens is 319 g/mol. The Labute approximate surface area is 147 Å². The second-order valence-corrected chi connectivity index (χ2v) is 7.43. The molecule has 2 N–H and O–H groups in total. The second-order valence-electron chi connectivity index (χ2n) is 7.43. The third-order valence-corrected chi connectivity index (χ3v) is 5.03. The van der Waals surface area contributed by atoms with Gasteiger partial charge in [0.25, 0.3) is 0 Å². The number of aryl methyl sites for hydroxylation is 1. The summed E-state index contributed by atoms with van der Waals surface area (Å²) >= 11 is 0. The van der Waals surface area contributed by atoms with Gasteiger partial charge in [0.05, 0.1) is 12.1 Å². The van der Waals surface area contributed by atoms with Gasteiger partial charge in [-0.2, -0.15) is 5.10 Å². The average Bonchev–Trinajstić information content (AvgIpc) is 3.21. The predicted molar refractivity (Wildman–Crippen MR) is 94.7 cm³/mol. The Morgan fingerprint density at radius 1 is 1.36 bits per heavy atom. The van der Waals surface area contributed by atoms with Crippen LogP contribution < -0.4 is 10.6 Å². The van der Waals surface area contributed by atoms with Crippen molar-refractivity contribution in [2.75, 3.05) is 19.6 Å². The summed E-state index contributed by atoms with van der Waals surface area (Å²) in [5.41, 5.74) is 1.83. The summed E-state index contributed by atoms with van der Waals surface area (Å²) in [6.45, 7) is 6.05. The van der Waals surface area contributed by atoms with Gasteiger partial charge < -0.3 is 10.6 Å².